The number of nitrogens with one attached hydrogen (secondary N) is 1. The van der Waals surface area contributed by atoms with Crippen molar-refractivity contribution < 1.29 is 0 Å². The summed E-state index contributed by atoms with van der Waals surface area (Å²) in [6, 6.07) is 2.31. The molecule has 0 saturated carbocycles. The minimum absolute atomic E-state index is 0.724. The summed E-state index contributed by atoms with van der Waals surface area (Å²) in [5, 5.41) is 3.62. The van der Waals surface area contributed by atoms with Crippen LogP contribution < -0.4 is 5.32 Å². The maximum Gasteiger partial charge on any atom is 0.0221 e. The highest BCUT2D eigenvalue weighted by molar-refractivity contribution is 4.86. The summed E-state index contributed by atoms with van der Waals surface area (Å²) in [5.74, 6) is 0. The summed E-state index contributed by atoms with van der Waals surface area (Å²) in [6.07, 6.45) is 5.42. The second-order valence-corrected chi connectivity index (χ2v) is 5.87. The molecule has 0 bridgehead atoms. The Kier molecular flexibility index (Phi) is 4.83. The van der Waals surface area contributed by atoms with Gasteiger partial charge in [-0.2, -0.15) is 0 Å². The van der Waals surface area contributed by atoms with Crippen molar-refractivity contribution in [1.29, 1.82) is 0 Å². The maximum atomic E-state index is 3.62. The standard InChI is InChI=1S/C14H29N3/c1-4-17-9-7-13(8-10-17)16(3)14-6-5-12(2)15-11-14/h12-15H,4-11H2,1-3H3. The van der Waals surface area contributed by atoms with Gasteiger partial charge in [-0.05, 0) is 59.3 Å². The minimum Gasteiger partial charge on any atom is -0.313 e. The molecular formula is C14H29N3. The Bertz CT molecular complexity index is 216. The average molecular weight is 239 g/mol. The van der Waals surface area contributed by atoms with Crippen LogP contribution in [0.2, 0.25) is 0 Å². The van der Waals surface area contributed by atoms with Crippen LogP contribution >= 0.6 is 0 Å². The van der Waals surface area contributed by atoms with Gasteiger partial charge in [-0.3, -0.25) is 4.90 Å². The molecule has 0 amide bonds. The van der Waals surface area contributed by atoms with Crippen LogP contribution in [0.15, 0.2) is 0 Å². The minimum atomic E-state index is 0.724. The lowest BCUT2D eigenvalue weighted by molar-refractivity contribution is 0.0826. The molecule has 0 aliphatic carbocycles. The lowest BCUT2D eigenvalue weighted by Crippen LogP contribution is -2.53. The first kappa shape index (κ1) is 13.3. The van der Waals surface area contributed by atoms with E-state index in [1.807, 2.05) is 0 Å². The van der Waals surface area contributed by atoms with Crippen molar-refractivity contribution in [2.75, 3.05) is 33.2 Å². The first-order valence-electron chi connectivity index (χ1n) is 7.38. The molecule has 2 unspecified atom stereocenters. The van der Waals surface area contributed by atoms with Gasteiger partial charge >= 0.3 is 0 Å². The Hall–Kier alpha value is -0.120. The lowest BCUT2D eigenvalue weighted by atomic mass is 9.96. The van der Waals surface area contributed by atoms with Crippen molar-refractivity contribution in [2.45, 2.75) is 57.7 Å². The van der Waals surface area contributed by atoms with E-state index >= 15 is 0 Å². The van der Waals surface area contributed by atoms with Gasteiger partial charge in [-0.15, -0.1) is 0 Å². The molecule has 2 saturated heterocycles. The quantitative estimate of drug-likeness (QED) is 0.806. The monoisotopic (exact) mass is 239 g/mol. The molecule has 17 heavy (non-hydrogen) atoms. The Morgan fingerprint density at radius 1 is 1.12 bits per heavy atom. The molecule has 3 heteroatoms. The number of piperidine rings is 2. The summed E-state index contributed by atoms with van der Waals surface area (Å²) >= 11 is 0. The molecule has 2 aliphatic rings. The molecule has 0 spiro atoms. The molecule has 2 rings (SSSR count). The smallest absolute Gasteiger partial charge is 0.0221 e. The molecule has 1 N–H and O–H groups in total. The summed E-state index contributed by atoms with van der Waals surface area (Å²) in [6.45, 7) is 9.57. The Balaban J connectivity index is 1.78. The predicted octanol–water partition coefficient (Wildman–Crippen LogP) is 1.54. The number of hydrogen-bond acceptors (Lipinski definition) is 3. The van der Waals surface area contributed by atoms with Gasteiger partial charge in [0.25, 0.3) is 0 Å². The highest BCUT2D eigenvalue weighted by Gasteiger charge is 2.28. The van der Waals surface area contributed by atoms with Crippen LogP contribution in [0.1, 0.15) is 39.5 Å². The summed E-state index contributed by atoms with van der Waals surface area (Å²) in [7, 11) is 2.34. The average Bonchev–Trinajstić information content (AvgIpc) is 2.39. The second-order valence-electron chi connectivity index (χ2n) is 5.87. The number of nitrogens with zero attached hydrogens (tertiary/aromatic N) is 2. The number of likely N-dealkylation sites (tertiary alicyclic amines) is 1. The van der Waals surface area contributed by atoms with Crippen LogP contribution in [0.4, 0.5) is 0 Å². The van der Waals surface area contributed by atoms with E-state index in [-0.39, 0.29) is 0 Å². The first-order chi connectivity index (χ1) is 8.20. The molecule has 100 valence electrons. The highest BCUT2D eigenvalue weighted by atomic mass is 15.2. The molecule has 0 aromatic carbocycles. The largest absolute Gasteiger partial charge is 0.313 e. The third kappa shape index (κ3) is 3.43. The fourth-order valence-corrected chi connectivity index (χ4v) is 3.27. The topological polar surface area (TPSA) is 18.5 Å². The van der Waals surface area contributed by atoms with Gasteiger partial charge in [-0.25, -0.2) is 0 Å². The van der Waals surface area contributed by atoms with Crippen molar-refractivity contribution in [3.63, 3.8) is 0 Å². The fourth-order valence-electron chi connectivity index (χ4n) is 3.27. The molecule has 0 aromatic rings. The number of rotatable bonds is 3. The van der Waals surface area contributed by atoms with E-state index in [1.54, 1.807) is 0 Å². The van der Waals surface area contributed by atoms with Gasteiger partial charge in [0.1, 0.15) is 0 Å². The van der Waals surface area contributed by atoms with Crippen LogP contribution in [0.25, 0.3) is 0 Å². The van der Waals surface area contributed by atoms with Crippen LogP contribution in [0.5, 0.6) is 0 Å². The SMILES string of the molecule is CCN1CCC(N(C)C2CCC(C)NC2)CC1. The van der Waals surface area contributed by atoms with E-state index < -0.39 is 0 Å². The Morgan fingerprint density at radius 3 is 2.35 bits per heavy atom. The van der Waals surface area contributed by atoms with Gasteiger partial charge < -0.3 is 10.2 Å². The highest BCUT2D eigenvalue weighted by Crippen LogP contribution is 2.21. The van der Waals surface area contributed by atoms with E-state index in [4.69, 9.17) is 0 Å². The van der Waals surface area contributed by atoms with E-state index in [2.05, 4.69) is 36.0 Å². The molecule has 2 aliphatic heterocycles. The molecule has 2 fully saturated rings. The zero-order chi connectivity index (χ0) is 12.3. The summed E-state index contributed by atoms with van der Waals surface area (Å²) < 4.78 is 0. The number of hydrogen-bond donors (Lipinski definition) is 1. The third-order valence-electron chi connectivity index (χ3n) is 4.79. The summed E-state index contributed by atoms with van der Waals surface area (Å²) in [4.78, 5) is 5.23. The molecule has 0 aromatic heterocycles. The van der Waals surface area contributed by atoms with Crippen LogP contribution in [-0.2, 0) is 0 Å². The van der Waals surface area contributed by atoms with E-state index in [9.17, 15) is 0 Å². The van der Waals surface area contributed by atoms with Gasteiger partial charge in [0, 0.05) is 24.7 Å². The van der Waals surface area contributed by atoms with E-state index in [1.165, 1.54) is 51.9 Å². The second kappa shape index (κ2) is 6.17. The molecule has 2 atom stereocenters. The lowest BCUT2D eigenvalue weighted by Gasteiger charge is -2.42. The van der Waals surface area contributed by atoms with Crippen molar-refractivity contribution in [3.8, 4) is 0 Å². The zero-order valence-electron chi connectivity index (χ0n) is 11.8. The Morgan fingerprint density at radius 2 is 1.82 bits per heavy atom. The van der Waals surface area contributed by atoms with E-state index in [0.717, 1.165) is 18.1 Å². The molecule has 3 nitrogen and oxygen atoms in total. The molecule has 2 heterocycles. The number of likely N-dealkylation sites (N-methyl/N-ethyl adjacent to an activating group) is 1. The normalized spacial score (nSPS) is 33.2. The molecular weight excluding hydrogens is 210 g/mol. The zero-order valence-corrected chi connectivity index (χ0v) is 11.8. The first-order valence-corrected chi connectivity index (χ1v) is 7.38. The van der Waals surface area contributed by atoms with E-state index in [0.29, 0.717) is 0 Å². The summed E-state index contributed by atoms with van der Waals surface area (Å²) in [5.41, 5.74) is 0. The van der Waals surface area contributed by atoms with Crippen LogP contribution in [-0.4, -0.2) is 61.2 Å². The van der Waals surface area contributed by atoms with Crippen molar-refractivity contribution >= 4 is 0 Å². The van der Waals surface area contributed by atoms with Gasteiger partial charge in [-0.1, -0.05) is 6.92 Å². The van der Waals surface area contributed by atoms with Gasteiger partial charge in [0.2, 0.25) is 0 Å². The van der Waals surface area contributed by atoms with Gasteiger partial charge in [0.15, 0.2) is 0 Å². The third-order valence-corrected chi connectivity index (χ3v) is 4.79. The Labute approximate surface area is 107 Å². The molecule has 0 radical (unpaired) electrons. The predicted molar refractivity (Wildman–Crippen MR) is 73.4 cm³/mol. The van der Waals surface area contributed by atoms with Crippen molar-refractivity contribution in [1.82, 2.24) is 15.1 Å². The van der Waals surface area contributed by atoms with Gasteiger partial charge in [0.05, 0.1) is 0 Å². The van der Waals surface area contributed by atoms with Crippen LogP contribution in [0, 0.1) is 0 Å². The van der Waals surface area contributed by atoms with Crippen molar-refractivity contribution in [3.05, 3.63) is 0 Å². The van der Waals surface area contributed by atoms with Crippen molar-refractivity contribution in [2.24, 2.45) is 0 Å². The fraction of sp³-hybridized carbons (Fsp3) is 1.00. The maximum absolute atomic E-state index is 3.62. The van der Waals surface area contributed by atoms with Crippen LogP contribution in [0.3, 0.4) is 0 Å².